The van der Waals surface area contributed by atoms with Crippen LogP contribution in [0.5, 0.6) is 5.75 Å². The average molecular weight is 290 g/mol. The molecule has 1 aliphatic heterocycles. The lowest BCUT2D eigenvalue weighted by Gasteiger charge is -2.16. The van der Waals surface area contributed by atoms with Crippen LogP contribution in [-0.4, -0.2) is 7.11 Å². The summed E-state index contributed by atoms with van der Waals surface area (Å²) in [6.07, 6.45) is 0. The van der Waals surface area contributed by atoms with Crippen molar-refractivity contribution in [2.75, 3.05) is 7.11 Å². The largest absolute Gasteiger partial charge is 0.497 e. The summed E-state index contributed by atoms with van der Waals surface area (Å²) in [5.74, 6) is 0.730. The van der Waals surface area contributed by atoms with Gasteiger partial charge in [-0.15, -0.1) is 0 Å². The third-order valence-electron chi connectivity index (χ3n) is 3.65. The van der Waals surface area contributed by atoms with Crippen molar-refractivity contribution in [3.8, 4) is 5.75 Å². The molecular formula is C16H16ClNO2. The van der Waals surface area contributed by atoms with Gasteiger partial charge in [-0.05, 0) is 34.4 Å². The van der Waals surface area contributed by atoms with E-state index in [9.17, 15) is 0 Å². The normalized spacial score (nSPS) is 14.9. The minimum atomic E-state index is -0.251. The molecule has 0 fully saturated rings. The lowest BCUT2D eigenvalue weighted by Crippen LogP contribution is -2.12. The fourth-order valence-corrected chi connectivity index (χ4v) is 2.74. The topological polar surface area (TPSA) is 44.5 Å². The lowest BCUT2D eigenvalue weighted by molar-refractivity contribution is 0.134. The van der Waals surface area contributed by atoms with Crippen molar-refractivity contribution >= 4 is 11.6 Å². The molecule has 1 aliphatic rings. The van der Waals surface area contributed by atoms with Crippen LogP contribution < -0.4 is 10.5 Å². The second-order valence-corrected chi connectivity index (χ2v) is 5.29. The molecule has 0 aromatic heterocycles. The summed E-state index contributed by atoms with van der Waals surface area (Å²) in [6.45, 7) is 1.35. The number of benzene rings is 2. The van der Waals surface area contributed by atoms with Gasteiger partial charge in [0, 0.05) is 5.02 Å². The van der Waals surface area contributed by atoms with Gasteiger partial charge in [-0.25, -0.2) is 0 Å². The van der Waals surface area contributed by atoms with Gasteiger partial charge in [0.15, 0.2) is 0 Å². The second-order valence-electron chi connectivity index (χ2n) is 4.89. The highest BCUT2D eigenvalue weighted by atomic mass is 35.5. The van der Waals surface area contributed by atoms with Crippen molar-refractivity contribution in [1.29, 1.82) is 0 Å². The van der Waals surface area contributed by atoms with Gasteiger partial charge >= 0.3 is 0 Å². The molecule has 3 rings (SSSR count). The Hall–Kier alpha value is -1.55. The Balaban J connectivity index is 1.94. The highest BCUT2D eigenvalue weighted by molar-refractivity contribution is 6.31. The van der Waals surface area contributed by atoms with E-state index in [0.717, 1.165) is 16.9 Å². The zero-order valence-electron chi connectivity index (χ0n) is 11.2. The van der Waals surface area contributed by atoms with Crippen LogP contribution in [0, 0.1) is 0 Å². The van der Waals surface area contributed by atoms with Crippen LogP contribution in [0.2, 0.25) is 5.02 Å². The summed E-state index contributed by atoms with van der Waals surface area (Å²) in [5, 5.41) is 0.619. The van der Waals surface area contributed by atoms with E-state index in [0.29, 0.717) is 18.2 Å². The molecule has 0 bridgehead atoms. The summed E-state index contributed by atoms with van der Waals surface area (Å²) >= 11 is 6.29. The number of ether oxygens (including phenoxy) is 2. The van der Waals surface area contributed by atoms with Crippen molar-refractivity contribution in [2.45, 2.75) is 19.3 Å². The first-order valence-electron chi connectivity index (χ1n) is 6.47. The third-order valence-corrected chi connectivity index (χ3v) is 3.97. The Morgan fingerprint density at radius 1 is 1.15 bits per heavy atom. The lowest BCUT2D eigenvalue weighted by atomic mass is 9.96. The zero-order chi connectivity index (χ0) is 14.1. The molecule has 4 heteroatoms. The molecule has 20 heavy (non-hydrogen) atoms. The van der Waals surface area contributed by atoms with Crippen LogP contribution >= 0.6 is 11.6 Å². The molecule has 1 atom stereocenters. The van der Waals surface area contributed by atoms with E-state index < -0.39 is 0 Å². The number of hydrogen-bond donors (Lipinski definition) is 1. The number of rotatable bonds is 3. The molecule has 3 nitrogen and oxygen atoms in total. The summed E-state index contributed by atoms with van der Waals surface area (Å²) in [5.41, 5.74) is 10.7. The van der Waals surface area contributed by atoms with Gasteiger partial charge in [0.2, 0.25) is 0 Å². The Morgan fingerprint density at radius 2 is 1.95 bits per heavy atom. The molecule has 0 aliphatic carbocycles. The van der Waals surface area contributed by atoms with E-state index in [2.05, 4.69) is 12.1 Å². The van der Waals surface area contributed by atoms with Gasteiger partial charge in [0.05, 0.1) is 26.4 Å². The Labute approximate surface area is 123 Å². The summed E-state index contributed by atoms with van der Waals surface area (Å²) in [6, 6.07) is 11.5. The summed E-state index contributed by atoms with van der Waals surface area (Å²) in [7, 11) is 1.62. The first-order valence-corrected chi connectivity index (χ1v) is 6.85. The minimum absolute atomic E-state index is 0.251. The van der Waals surface area contributed by atoms with Gasteiger partial charge in [0.1, 0.15) is 5.75 Å². The maximum Gasteiger partial charge on any atom is 0.120 e. The predicted molar refractivity (Wildman–Crippen MR) is 79.0 cm³/mol. The van der Waals surface area contributed by atoms with Gasteiger partial charge in [-0.1, -0.05) is 35.9 Å². The zero-order valence-corrected chi connectivity index (χ0v) is 12.0. The van der Waals surface area contributed by atoms with E-state index in [1.165, 1.54) is 11.1 Å². The first-order chi connectivity index (χ1) is 9.69. The molecule has 0 saturated carbocycles. The van der Waals surface area contributed by atoms with Crippen molar-refractivity contribution in [1.82, 2.24) is 0 Å². The van der Waals surface area contributed by atoms with Crippen LogP contribution in [-0.2, 0) is 18.0 Å². The summed E-state index contributed by atoms with van der Waals surface area (Å²) in [4.78, 5) is 0. The number of nitrogens with two attached hydrogens (primary N) is 1. The molecule has 0 spiro atoms. The molecule has 1 unspecified atom stereocenters. The van der Waals surface area contributed by atoms with Gasteiger partial charge in [-0.2, -0.15) is 0 Å². The molecule has 2 N–H and O–H groups in total. The number of fused-ring (bicyclic) bond motifs is 1. The number of hydrogen-bond acceptors (Lipinski definition) is 3. The molecule has 104 valence electrons. The molecule has 1 heterocycles. The van der Waals surface area contributed by atoms with Crippen LogP contribution in [0.3, 0.4) is 0 Å². The highest BCUT2D eigenvalue weighted by Gasteiger charge is 2.17. The minimum Gasteiger partial charge on any atom is -0.497 e. The Bertz CT molecular complexity index is 642. The second kappa shape index (κ2) is 5.44. The SMILES string of the molecule is COc1ccc(C(N)c2ccc3c(c2)COC3)c(Cl)c1. The fourth-order valence-electron chi connectivity index (χ4n) is 2.45. The Kier molecular flexibility index (Phi) is 3.66. The summed E-state index contributed by atoms with van der Waals surface area (Å²) < 4.78 is 10.6. The maximum absolute atomic E-state index is 6.34. The van der Waals surface area contributed by atoms with Crippen molar-refractivity contribution < 1.29 is 9.47 Å². The maximum atomic E-state index is 6.34. The van der Waals surface area contributed by atoms with E-state index in [1.54, 1.807) is 13.2 Å². The van der Waals surface area contributed by atoms with Crippen LogP contribution in [0.15, 0.2) is 36.4 Å². The Morgan fingerprint density at radius 3 is 2.70 bits per heavy atom. The van der Waals surface area contributed by atoms with Crippen molar-refractivity contribution in [3.63, 3.8) is 0 Å². The molecule has 2 aromatic rings. The van der Waals surface area contributed by atoms with E-state index in [4.69, 9.17) is 26.8 Å². The van der Waals surface area contributed by atoms with Crippen LogP contribution in [0.1, 0.15) is 28.3 Å². The van der Waals surface area contributed by atoms with Gasteiger partial charge in [-0.3, -0.25) is 0 Å². The number of halogens is 1. The molecular weight excluding hydrogens is 274 g/mol. The standard InChI is InChI=1S/C16H16ClNO2/c1-19-13-4-5-14(15(17)7-13)16(18)10-2-3-11-8-20-9-12(11)6-10/h2-7,16H,8-9,18H2,1H3. The highest BCUT2D eigenvalue weighted by Crippen LogP contribution is 2.31. The van der Waals surface area contributed by atoms with Crippen LogP contribution in [0.4, 0.5) is 0 Å². The molecule has 0 amide bonds. The van der Waals surface area contributed by atoms with Crippen LogP contribution in [0.25, 0.3) is 0 Å². The fraction of sp³-hybridized carbons (Fsp3) is 0.250. The van der Waals surface area contributed by atoms with E-state index in [-0.39, 0.29) is 6.04 Å². The quantitative estimate of drug-likeness (QED) is 0.941. The van der Waals surface area contributed by atoms with Gasteiger partial charge in [0.25, 0.3) is 0 Å². The van der Waals surface area contributed by atoms with E-state index >= 15 is 0 Å². The average Bonchev–Trinajstić information content (AvgIpc) is 2.93. The monoisotopic (exact) mass is 289 g/mol. The molecule has 0 radical (unpaired) electrons. The van der Waals surface area contributed by atoms with Gasteiger partial charge < -0.3 is 15.2 Å². The predicted octanol–water partition coefficient (Wildman–Crippen LogP) is 3.43. The van der Waals surface area contributed by atoms with Crippen molar-refractivity contribution in [2.24, 2.45) is 5.73 Å². The first kappa shape index (κ1) is 13.4. The smallest absolute Gasteiger partial charge is 0.120 e. The molecule has 2 aromatic carbocycles. The van der Waals surface area contributed by atoms with Crippen molar-refractivity contribution in [3.05, 3.63) is 63.7 Å². The molecule has 0 saturated heterocycles. The van der Waals surface area contributed by atoms with E-state index in [1.807, 2.05) is 18.2 Å². The third kappa shape index (κ3) is 2.40. The number of methoxy groups -OCH3 is 1.